The van der Waals surface area contributed by atoms with Crippen LogP contribution in [0.25, 0.3) is 5.31 Å². The van der Waals surface area contributed by atoms with Crippen molar-refractivity contribution in [2.24, 2.45) is 0 Å². The van der Waals surface area contributed by atoms with Crippen LogP contribution in [0.3, 0.4) is 0 Å². The van der Waals surface area contributed by atoms with Gasteiger partial charge in [-0.3, -0.25) is 4.57 Å². The lowest BCUT2D eigenvalue weighted by molar-refractivity contribution is -0.137. The smallest absolute Gasteiger partial charge is 0.362 e. The van der Waals surface area contributed by atoms with Gasteiger partial charge in [-0.15, -0.1) is 0 Å². The van der Waals surface area contributed by atoms with Crippen molar-refractivity contribution >= 4 is 18.9 Å². The molecule has 0 aliphatic carbocycles. The van der Waals surface area contributed by atoms with Crippen molar-refractivity contribution in [1.29, 1.82) is 0 Å². The van der Waals surface area contributed by atoms with Crippen molar-refractivity contribution in [3.05, 3.63) is 29.2 Å². The maximum absolute atomic E-state index is 13.2. The van der Waals surface area contributed by atoms with E-state index in [2.05, 4.69) is 0 Å². The fourth-order valence-electron chi connectivity index (χ4n) is 2.13. The fourth-order valence-corrected chi connectivity index (χ4v) is 3.91. The zero-order chi connectivity index (χ0) is 18.2. The molecule has 0 aliphatic heterocycles. The molecule has 0 N–H and O–H groups in total. The average Bonchev–Trinajstić information content (AvgIpc) is 2.86. The van der Waals surface area contributed by atoms with E-state index in [-0.39, 0.29) is 31.7 Å². The molecule has 8 heteroatoms. The molecule has 7 nitrogen and oxygen atoms in total. The molecule has 0 saturated carbocycles. The normalized spacial score (nSPS) is 12.5. The highest BCUT2D eigenvalue weighted by Gasteiger charge is 2.34. The van der Waals surface area contributed by atoms with Gasteiger partial charge in [0.1, 0.15) is 18.1 Å². The number of esters is 1. The molecule has 1 rings (SSSR count). The van der Waals surface area contributed by atoms with Gasteiger partial charge in [0.05, 0.1) is 25.1 Å². The maximum Gasteiger partial charge on any atom is 0.362 e. The highest BCUT2D eigenvalue weighted by atomic mass is 31.2. The molecule has 0 bridgehead atoms. The third-order valence-electron chi connectivity index (χ3n) is 2.92. The van der Waals surface area contributed by atoms with Crippen LogP contribution in [-0.2, 0) is 34.5 Å². The van der Waals surface area contributed by atoms with Gasteiger partial charge >= 0.3 is 13.6 Å². The lowest BCUT2D eigenvalue weighted by Gasteiger charge is -2.20. The van der Waals surface area contributed by atoms with Crippen LogP contribution in [-0.4, -0.2) is 32.9 Å². The van der Waals surface area contributed by atoms with E-state index < -0.39 is 13.6 Å². The Morgan fingerprint density at radius 2 is 1.83 bits per heavy atom. The van der Waals surface area contributed by atoms with Crippen LogP contribution in [0.1, 0.15) is 37.9 Å². The first-order chi connectivity index (χ1) is 11.4. The Kier molecular flexibility index (Phi) is 8.42. The SMILES string of the molecule is CCOC(=O)/C=C(\c1cc(C)oc1COC)P(=O)(OCC)OCC. The minimum Gasteiger partial charge on any atom is -0.463 e. The summed E-state index contributed by atoms with van der Waals surface area (Å²) >= 11 is 0. The predicted octanol–water partition coefficient (Wildman–Crippen LogP) is 3.90. The van der Waals surface area contributed by atoms with Crippen molar-refractivity contribution in [2.45, 2.75) is 34.3 Å². The van der Waals surface area contributed by atoms with E-state index in [0.29, 0.717) is 17.1 Å². The number of rotatable bonds is 10. The Hall–Kier alpha value is -1.40. The minimum atomic E-state index is -3.72. The molecular formula is C16H25O7P. The van der Waals surface area contributed by atoms with Crippen LogP contribution < -0.4 is 0 Å². The number of carbonyl (C=O) groups is 1. The number of methoxy groups -OCH3 is 1. The third-order valence-corrected chi connectivity index (χ3v) is 5.07. The van der Waals surface area contributed by atoms with E-state index in [0.717, 1.165) is 6.08 Å². The standard InChI is InChI=1S/C16H25O7P/c1-6-20-16(17)10-15(24(18,21-7-2)22-8-3)13-9-12(4)23-14(13)11-19-5/h9-10H,6-8,11H2,1-5H3/b15-10+. The lowest BCUT2D eigenvalue weighted by Crippen LogP contribution is -2.05. The van der Waals surface area contributed by atoms with Gasteiger partial charge < -0.3 is 22.9 Å². The number of carbonyl (C=O) groups excluding carboxylic acids is 1. The van der Waals surface area contributed by atoms with E-state index in [1.165, 1.54) is 7.11 Å². The van der Waals surface area contributed by atoms with Crippen molar-refractivity contribution < 1.29 is 32.3 Å². The highest BCUT2D eigenvalue weighted by Crippen LogP contribution is 2.61. The van der Waals surface area contributed by atoms with E-state index in [9.17, 15) is 9.36 Å². The Morgan fingerprint density at radius 3 is 2.33 bits per heavy atom. The molecular weight excluding hydrogens is 335 g/mol. The number of furan rings is 1. The van der Waals surface area contributed by atoms with Crippen LogP contribution in [0.5, 0.6) is 0 Å². The molecule has 0 aliphatic rings. The topological polar surface area (TPSA) is 84.2 Å². The summed E-state index contributed by atoms with van der Waals surface area (Å²) < 4.78 is 39.6. The molecule has 1 heterocycles. The second-order valence-electron chi connectivity index (χ2n) is 4.74. The number of ether oxygens (including phenoxy) is 2. The van der Waals surface area contributed by atoms with Crippen molar-refractivity contribution in [1.82, 2.24) is 0 Å². The van der Waals surface area contributed by atoms with Crippen molar-refractivity contribution in [3.63, 3.8) is 0 Å². The van der Waals surface area contributed by atoms with Gasteiger partial charge in [-0.2, -0.15) is 0 Å². The van der Waals surface area contributed by atoms with Crippen LogP contribution in [0.15, 0.2) is 16.6 Å². The number of hydrogen-bond donors (Lipinski definition) is 0. The largest absolute Gasteiger partial charge is 0.463 e. The molecule has 0 spiro atoms. The molecule has 0 aromatic carbocycles. The first-order valence-electron chi connectivity index (χ1n) is 7.78. The Morgan fingerprint density at radius 1 is 1.21 bits per heavy atom. The Bertz CT molecular complexity index is 608. The van der Waals surface area contributed by atoms with Crippen molar-refractivity contribution in [2.75, 3.05) is 26.9 Å². The van der Waals surface area contributed by atoms with Crippen molar-refractivity contribution in [3.8, 4) is 0 Å². The summed E-state index contributed by atoms with van der Waals surface area (Å²) in [5, 5.41) is 0.105. The minimum absolute atomic E-state index is 0.105. The molecule has 0 fully saturated rings. The molecule has 136 valence electrons. The van der Waals surface area contributed by atoms with Gasteiger partial charge in [0, 0.05) is 18.7 Å². The molecule has 1 aromatic heterocycles. The average molecular weight is 360 g/mol. The molecule has 1 aromatic rings. The monoisotopic (exact) mass is 360 g/mol. The summed E-state index contributed by atoms with van der Waals surface area (Å²) in [6.07, 6.45) is 1.14. The summed E-state index contributed by atoms with van der Waals surface area (Å²) in [5.41, 5.74) is 0.452. The van der Waals surface area contributed by atoms with Crippen LogP contribution in [0.4, 0.5) is 0 Å². The van der Waals surface area contributed by atoms with Gasteiger partial charge in [-0.1, -0.05) is 0 Å². The maximum atomic E-state index is 13.2. The fraction of sp³-hybridized carbons (Fsp3) is 0.562. The Labute approximate surface area is 142 Å². The molecule has 0 unspecified atom stereocenters. The molecule has 24 heavy (non-hydrogen) atoms. The first-order valence-corrected chi connectivity index (χ1v) is 9.32. The Balaban J connectivity index is 3.48. The van der Waals surface area contributed by atoms with Gasteiger partial charge in [-0.05, 0) is 33.8 Å². The summed E-state index contributed by atoms with van der Waals surface area (Å²) in [4.78, 5) is 12.0. The molecule has 0 atom stereocenters. The quantitative estimate of drug-likeness (QED) is 0.355. The number of hydrogen-bond acceptors (Lipinski definition) is 7. The predicted molar refractivity (Wildman–Crippen MR) is 89.6 cm³/mol. The summed E-state index contributed by atoms with van der Waals surface area (Å²) in [6, 6.07) is 1.67. The molecule has 0 radical (unpaired) electrons. The number of aryl methyl sites for hydroxylation is 1. The zero-order valence-corrected chi connectivity index (χ0v) is 15.7. The van der Waals surface area contributed by atoms with Crippen LogP contribution >= 0.6 is 7.60 Å². The summed E-state index contributed by atoms with van der Waals surface area (Å²) in [6.45, 7) is 7.51. The van der Waals surface area contributed by atoms with E-state index >= 15 is 0 Å². The molecule has 0 saturated heterocycles. The van der Waals surface area contributed by atoms with Gasteiger partial charge in [-0.25, -0.2) is 4.79 Å². The lowest BCUT2D eigenvalue weighted by atomic mass is 10.2. The first kappa shape index (κ1) is 20.6. The second-order valence-corrected chi connectivity index (χ2v) is 6.73. The van der Waals surface area contributed by atoms with Gasteiger partial charge in [0.25, 0.3) is 0 Å². The van der Waals surface area contributed by atoms with Gasteiger partial charge in [0.15, 0.2) is 0 Å². The second kappa shape index (κ2) is 9.79. The van der Waals surface area contributed by atoms with Crippen LogP contribution in [0.2, 0.25) is 0 Å². The van der Waals surface area contributed by atoms with E-state index in [1.54, 1.807) is 33.8 Å². The zero-order valence-electron chi connectivity index (χ0n) is 14.8. The summed E-state index contributed by atoms with van der Waals surface area (Å²) in [7, 11) is -2.21. The highest BCUT2D eigenvalue weighted by molar-refractivity contribution is 7.65. The third kappa shape index (κ3) is 5.31. The summed E-state index contributed by atoms with van der Waals surface area (Å²) in [5.74, 6) is 0.394. The van der Waals surface area contributed by atoms with E-state index in [4.69, 9.17) is 22.9 Å². The van der Waals surface area contributed by atoms with Gasteiger partial charge in [0.2, 0.25) is 0 Å². The van der Waals surface area contributed by atoms with E-state index in [1.807, 2.05) is 0 Å². The molecule has 0 amide bonds. The van der Waals surface area contributed by atoms with Crippen LogP contribution in [0, 0.1) is 6.92 Å².